The van der Waals surface area contributed by atoms with Crippen LogP contribution in [0.1, 0.15) is 30.4 Å². The van der Waals surface area contributed by atoms with Gasteiger partial charge in [0.2, 0.25) is 5.91 Å². The fourth-order valence-electron chi connectivity index (χ4n) is 3.51. The van der Waals surface area contributed by atoms with E-state index in [0.29, 0.717) is 22.6 Å². The maximum Gasteiger partial charge on any atom is 0.344 e. The molecule has 138 valence electrons. The number of amides is 4. The fraction of sp³-hybridized carbons (Fsp3) is 0.250. The molecule has 1 heterocycles. The third kappa shape index (κ3) is 2.85. The predicted octanol–water partition coefficient (Wildman–Crippen LogP) is 2.43. The lowest BCUT2D eigenvalue weighted by Gasteiger charge is -2.22. The molecular weight excluding hydrogens is 349 g/mol. The normalized spacial score (nSPS) is 26.7. The number of urea groups is 1. The van der Waals surface area contributed by atoms with Gasteiger partial charge < -0.3 is 5.32 Å². The first kappa shape index (κ1) is 17.2. The van der Waals surface area contributed by atoms with E-state index in [4.69, 9.17) is 0 Å². The molecule has 4 rings (SSSR count). The first-order valence-corrected chi connectivity index (χ1v) is 8.69. The second kappa shape index (κ2) is 6.19. The lowest BCUT2D eigenvalue weighted by molar-refractivity contribution is -0.139. The summed E-state index contributed by atoms with van der Waals surface area (Å²) in [6.45, 7) is 1.59. The van der Waals surface area contributed by atoms with Gasteiger partial charge in [-0.3, -0.25) is 15.0 Å². The number of nitrogens with one attached hydrogen (secondary N) is 2. The molecule has 7 heteroatoms. The molecule has 2 aromatic rings. The second-order valence-electron chi connectivity index (χ2n) is 7.01. The largest absolute Gasteiger partial charge is 0.344 e. The number of benzene rings is 2. The van der Waals surface area contributed by atoms with Gasteiger partial charge in [0, 0.05) is 5.92 Å². The molecule has 27 heavy (non-hydrogen) atoms. The molecule has 2 fully saturated rings. The molecule has 0 bridgehead atoms. The highest BCUT2D eigenvalue weighted by Gasteiger charge is 2.52. The van der Waals surface area contributed by atoms with Crippen LogP contribution >= 0.6 is 0 Å². The van der Waals surface area contributed by atoms with Crippen molar-refractivity contribution in [3.05, 3.63) is 71.5 Å². The van der Waals surface area contributed by atoms with Crippen LogP contribution in [-0.2, 0) is 15.1 Å². The Kier molecular flexibility index (Phi) is 3.95. The maximum atomic E-state index is 13.9. The SMILES string of the molecule is C[C@]1(c2ccccc2)NC(=O)N(NC(=O)[C@@H]2C[C@@H]2c2ccccc2F)C1=O. The summed E-state index contributed by atoms with van der Waals surface area (Å²) >= 11 is 0. The van der Waals surface area contributed by atoms with Gasteiger partial charge in [-0.1, -0.05) is 48.5 Å². The third-order valence-electron chi connectivity index (χ3n) is 5.20. The molecule has 0 aromatic heterocycles. The van der Waals surface area contributed by atoms with Crippen LogP contribution in [0.3, 0.4) is 0 Å². The van der Waals surface area contributed by atoms with Gasteiger partial charge in [0.15, 0.2) is 0 Å². The quantitative estimate of drug-likeness (QED) is 0.815. The maximum absolute atomic E-state index is 13.9. The zero-order chi connectivity index (χ0) is 19.2. The number of hydrogen-bond donors (Lipinski definition) is 2. The number of carbonyl (C=O) groups is 3. The Hall–Kier alpha value is -3.22. The molecule has 1 saturated carbocycles. The molecule has 1 aliphatic heterocycles. The Bertz CT molecular complexity index is 933. The van der Waals surface area contributed by atoms with Gasteiger partial charge in [-0.15, -0.1) is 0 Å². The van der Waals surface area contributed by atoms with Crippen LogP contribution < -0.4 is 10.7 Å². The zero-order valence-corrected chi connectivity index (χ0v) is 14.6. The lowest BCUT2D eigenvalue weighted by atomic mass is 9.92. The van der Waals surface area contributed by atoms with Gasteiger partial charge >= 0.3 is 6.03 Å². The van der Waals surface area contributed by atoms with E-state index in [0.717, 1.165) is 0 Å². The van der Waals surface area contributed by atoms with E-state index in [1.54, 1.807) is 49.4 Å². The molecule has 3 atom stereocenters. The molecule has 0 spiro atoms. The molecule has 2 aliphatic rings. The number of hydrogen-bond acceptors (Lipinski definition) is 3. The first-order chi connectivity index (χ1) is 12.9. The minimum absolute atomic E-state index is 0.243. The van der Waals surface area contributed by atoms with Crippen LogP contribution in [0, 0.1) is 11.7 Å². The highest BCUT2D eigenvalue weighted by Crippen LogP contribution is 2.48. The van der Waals surface area contributed by atoms with Crippen molar-refractivity contribution >= 4 is 17.8 Å². The fourth-order valence-corrected chi connectivity index (χ4v) is 3.51. The Balaban J connectivity index is 1.47. The van der Waals surface area contributed by atoms with Crippen molar-refractivity contribution in [3.63, 3.8) is 0 Å². The molecular formula is C20H18FN3O3. The van der Waals surface area contributed by atoms with Crippen molar-refractivity contribution in [2.45, 2.75) is 24.8 Å². The topological polar surface area (TPSA) is 78.5 Å². The Morgan fingerprint density at radius 3 is 2.52 bits per heavy atom. The van der Waals surface area contributed by atoms with Gasteiger partial charge in [-0.25, -0.2) is 9.18 Å². The van der Waals surface area contributed by atoms with Gasteiger partial charge in [0.25, 0.3) is 5.91 Å². The van der Waals surface area contributed by atoms with Gasteiger partial charge in [-0.05, 0) is 36.5 Å². The highest BCUT2D eigenvalue weighted by atomic mass is 19.1. The minimum atomic E-state index is -1.25. The van der Waals surface area contributed by atoms with E-state index in [2.05, 4.69) is 10.7 Å². The van der Waals surface area contributed by atoms with Gasteiger partial charge in [-0.2, -0.15) is 5.01 Å². The number of halogens is 1. The standard InChI is InChI=1S/C20H18FN3O3/c1-20(12-7-3-2-4-8-12)18(26)24(19(27)22-20)23-17(25)15-11-14(15)13-9-5-6-10-16(13)21/h2-10,14-15H,11H2,1H3,(H,22,27)(H,23,25)/t14-,15-,20-/m1/s1. The van der Waals surface area contributed by atoms with Crippen molar-refractivity contribution in [1.82, 2.24) is 15.8 Å². The summed E-state index contributed by atoms with van der Waals surface area (Å²) in [5, 5.41) is 3.34. The third-order valence-corrected chi connectivity index (χ3v) is 5.20. The van der Waals surface area contributed by atoms with Crippen LogP contribution in [0.5, 0.6) is 0 Å². The van der Waals surface area contributed by atoms with E-state index in [9.17, 15) is 18.8 Å². The first-order valence-electron chi connectivity index (χ1n) is 8.69. The number of carbonyl (C=O) groups excluding carboxylic acids is 3. The summed E-state index contributed by atoms with van der Waals surface area (Å²) in [5.74, 6) is -2.10. The van der Waals surface area contributed by atoms with E-state index in [-0.39, 0.29) is 11.7 Å². The summed E-state index contributed by atoms with van der Waals surface area (Å²) in [6.07, 6.45) is 0.479. The highest BCUT2D eigenvalue weighted by molar-refractivity contribution is 6.08. The van der Waals surface area contributed by atoms with Crippen molar-refractivity contribution in [3.8, 4) is 0 Å². The van der Waals surface area contributed by atoms with Gasteiger partial charge in [0.05, 0.1) is 0 Å². The van der Waals surface area contributed by atoms with Crippen molar-refractivity contribution < 1.29 is 18.8 Å². The number of rotatable bonds is 4. The van der Waals surface area contributed by atoms with Crippen LogP contribution in [0.15, 0.2) is 54.6 Å². The predicted molar refractivity (Wildman–Crippen MR) is 94.6 cm³/mol. The van der Waals surface area contributed by atoms with E-state index >= 15 is 0 Å². The monoisotopic (exact) mass is 367 g/mol. The van der Waals surface area contributed by atoms with Crippen molar-refractivity contribution in [2.24, 2.45) is 5.92 Å². The molecule has 4 amide bonds. The van der Waals surface area contributed by atoms with Crippen LogP contribution in [-0.4, -0.2) is 22.9 Å². The molecule has 1 aliphatic carbocycles. The van der Waals surface area contributed by atoms with E-state index in [1.165, 1.54) is 6.07 Å². The Morgan fingerprint density at radius 2 is 1.81 bits per heavy atom. The molecule has 2 N–H and O–H groups in total. The Morgan fingerprint density at radius 1 is 1.15 bits per heavy atom. The van der Waals surface area contributed by atoms with Gasteiger partial charge in [0.1, 0.15) is 11.4 Å². The second-order valence-corrected chi connectivity index (χ2v) is 7.01. The van der Waals surface area contributed by atoms with Crippen LogP contribution in [0.4, 0.5) is 9.18 Å². The van der Waals surface area contributed by atoms with Crippen LogP contribution in [0.25, 0.3) is 0 Å². The molecule has 0 unspecified atom stereocenters. The lowest BCUT2D eigenvalue weighted by Crippen LogP contribution is -2.48. The molecule has 2 aromatic carbocycles. The number of hydrazine groups is 1. The summed E-state index contributed by atoms with van der Waals surface area (Å²) in [4.78, 5) is 37.6. The van der Waals surface area contributed by atoms with Crippen molar-refractivity contribution in [1.29, 1.82) is 0 Å². The van der Waals surface area contributed by atoms with Crippen LogP contribution in [0.2, 0.25) is 0 Å². The number of nitrogens with zero attached hydrogens (tertiary/aromatic N) is 1. The smallest absolute Gasteiger partial charge is 0.318 e. The van der Waals surface area contributed by atoms with E-state index < -0.39 is 29.3 Å². The summed E-state index contributed by atoms with van der Waals surface area (Å²) < 4.78 is 13.9. The number of imide groups is 1. The minimum Gasteiger partial charge on any atom is -0.318 e. The van der Waals surface area contributed by atoms with Crippen molar-refractivity contribution in [2.75, 3.05) is 0 Å². The molecule has 1 saturated heterocycles. The Labute approximate surface area is 155 Å². The summed E-state index contributed by atoms with van der Waals surface area (Å²) in [5.41, 5.74) is 2.24. The summed E-state index contributed by atoms with van der Waals surface area (Å²) in [6, 6.07) is 14.4. The summed E-state index contributed by atoms with van der Waals surface area (Å²) in [7, 11) is 0. The molecule has 0 radical (unpaired) electrons. The average molecular weight is 367 g/mol. The van der Waals surface area contributed by atoms with E-state index in [1.807, 2.05) is 6.07 Å². The zero-order valence-electron chi connectivity index (χ0n) is 14.6. The average Bonchev–Trinajstić information content (AvgIpc) is 3.43. The molecule has 6 nitrogen and oxygen atoms in total.